The second kappa shape index (κ2) is 7.26. The van der Waals surface area contributed by atoms with Crippen LogP contribution < -0.4 is 5.73 Å². The van der Waals surface area contributed by atoms with E-state index in [2.05, 4.69) is 4.76 Å². The van der Waals surface area contributed by atoms with Gasteiger partial charge in [-0.15, -0.1) is 0 Å². The van der Waals surface area contributed by atoms with Gasteiger partial charge in [-0.05, 0) is 29.5 Å². The molecule has 0 saturated carbocycles. The molecule has 0 spiro atoms. The molecule has 9 heteroatoms. The van der Waals surface area contributed by atoms with Gasteiger partial charge in [-0.25, -0.2) is 0 Å². The smallest absolute Gasteiger partial charge is 0.309 e. The number of hydrogen-bond donors (Lipinski definition) is 1. The summed E-state index contributed by atoms with van der Waals surface area (Å²) in [5, 5.41) is 0.271. The molecule has 1 atom stereocenters. The van der Waals surface area contributed by atoms with Crippen molar-refractivity contribution in [3.63, 3.8) is 0 Å². The number of nitrogens with zero attached hydrogens (tertiary/aromatic N) is 1. The Morgan fingerprint density at radius 3 is 2.52 bits per heavy atom. The van der Waals surface area contributed by atoms with Crippen LogP contribution in [0.4, 0.5) is 0 Å². The topological polar surface area (TPSA) is 73.9 Å². The van der Waals surface area contributed by atoms with E-state index in [1.165, 1.54) is 14.2 Å². The van der Waals surface area contributed by atoms with Gasteiger partial charge in [-0.1, -0.05) is 35.7 Å². The lowest BCUT2D eigenvalue weighted by Crippen LogP contribution is -2.10. The van der Waals surface area contributed by atoms with Crippen molar-refractivity contribution in [2.45, 2.75) is 5.25 Å². The largest absolute Gasteiger partial charge is 0.366 e. The summed E-state index contributed by atoms with van der Waals surface area (Å²) in [5.41, 5.74) is 6.88. The minimum Gasteiger partial charge on any atom is -0.366 e. The van der Waals surface area contributed by atoms with Crippen LogP contribution in [0.2, 0.25) is 0 Å². The normalized spacial score (nSPS) is 20.9. The molecule has 5 nitrogen and oxygen atoms in total. The third kappa shape index (κ3) is 4.31. The van der Waals surface area contributed by atoms with Crippen molar-refractivity contribution in [3.8, 4) is 0 Å². The quantitative estimate of drug-likeness (QED) is 0.811. The summed E-state index contributed by atoms with van der Waals surface area (Å²) in [5.74, 6) is 0.473. The molecule has 114 valence electrons. The van der Waals surface area contributed by atoms with Crippen LogP contribution in [0.25, 0.3) is 0 Å². The Morgan fingerprint density at radius 2 is 2.00 bits per heavy atom. The Labute approximate surface area is 137 Å². The first-order valence-corrected chi connectivity index (χ1v) is 10.4. The van der Waals surface area contributed by atoms with Gasteiger partial charge in [-0.3, -0.25) is 4.79 Å². The minimum absolute atomic E-state index is 0.271. The molecule has 21 heavy (non-hydrogen) atoms. The summed E-state index contributed by atoms with van der Waals surface area (Å²) < 4.78 is 15.6. The average Bonchev–Trinajstić information content (AvgIpc) is 2.95. The van der Waals surface area contributed by atoms with Gasteiger partial charge in [0.05, 0.1) is 0 Å². The van der Waals surface area contributed by atoms with E-state index in [1.807, 2.05) is 12.1 Å². The number of thioether (sulfide) groups is 2. The van der Waals surface area contributed by atoms with Crippen LogP contribution in [0.5, 0.6) is 0 Å². The summed E-state index contributed by atoms with van der Waals surface area (Å²) in [6.07, 6.45) is 0. The molecular weight excluding hydrogens is 347 g/mol. The van der Waals surface area contributed by atoms with Gasteiger partial charge >= 0.3 is 6.64 Å². The summed E-state index contributed by atoms with van der Waals surface area (Å²) in [6.45, 7) is -2.55. The van der Waals surface area contributed by atoms with Gasteiger partial charge in [0.25, 0.3) is 0 Å². The first-order chi connectivity index (χ1) is 9.97. The van der Waals surface area contributed by atoms with Crippen molar-refractivity contribution in [1.29, 1.82) is 0 Å². The molecule has 1 saturated heterocycles. The number of benzene rings is 1. The van der Waals surface area contributed by atoms with E-state index in [1.54, 1.807) is 35.7 Å². The number of nitrogens with two attached hydrogens (primary N) is 1. The van der Waals surface area contributed by atoms with E-state index in [0.29, 0.717) is 5.56 Å². The van der Waals surface area contributed by atoms with E-state index in [-0.39, 0.29) is 5.25 Å². The number of carbonyl (C=O) groups excluding carboxylic acids is 1. The lowest BCUT2D eigenvalue weighted by atomic mass is 10.1. The maximum atomic E-state index is 11.1. The number of primary amides is 1. The Hall–Kier alpha value is -0.370. The summed E-state index contributed by atoms with van der Waals surface area (Å²) in [4.78, 5) is 11.1. The highest BCUT2D eigenvalue weighted by molar-refractivity contribution is 8.42. The lowest BCUT2D eigenvalue weighted by molar-refractivity contribution is 0.100. The zero-order valence-electron chi connectivity index (χ0n) is 11.5. The summed E-state index contributed by atoms with van der Waals surface area (Å²) in [6, 6.07) is 7.33. The fourth-order valence-electron chi connectivity index (χ4n) is 1.67. The molecule has 1 aromatic rings. The SMILES string of the molecule is COP(=S)(N=C1SCC(c2ccc(C(N)=O)cc2)S1)OC. The van der Waals surface area contributed by atoms with Crippen LogP contribution in [0.3, 0.4) is 0 Å². The molecular formula is C12H15N2O3PS3. The molecule has 0 aliphatic carbocycles. The predicted octanol–water partition coefficient (Wildman–Crippen LogP) is 3.18. The average molecular weight is 362 g/mol. The molecule has 0 aromatic heterocycles. The van der Waals surface area contributed by atoms with Gasteiger partial charge in [0, 0.05) is 30.8 Å². The van der Waals surface area contributed by atoms with E-state index in [4.69, 9.17) is 26.6 Å². The number of rotatable bonds is 5. The van der Waals surface area contributed by atoms with E-state index in [0.717, 1.165) is 15.7 Å². The fourth-order valence-corrected chi connectivity index (χ4v) is 6.13. The van der Waals surface area contributed by atoms with Gasteiger partial charge in [-0.2, -0.15) is 4.76 Å². The minimum atomic E-state index is -2.55. The molecule has 1 aliphatic rings. The zero-order valence-corrected chi connectivity index (χ0v) is 14.9. The van der Waals surface area contributed by atoms with Crippen LogP contribution in [-0.2, 0) is 20.9 Å². The summed E-state index contributed by atoms with van der Waals surface area (Å²) >= 11 is 8.51. The highest BCUT2D eigenvalue weighted by Gasteiger charge is 2.27. The molecule has 0 radical (unpaired) electrons. The molecule has 1 fully saturated rings. The molecule has 2 rings (SSSR count). The zero-order chi connectivity index (χ0) is 15.5. The van der Waals surface area contributed by atoms with Gasteiger partial charge < -0.3 is 14.8 Å². The second-order valence-corrected chi connectivity index (χ2v) is 9.81. The Bertz CT molecular complexity index is 598. The molecule has 2 N–H and O–H groups in total. The molecule has 1 aromatic carbocycles. The number of hydrogen-bond acceptors (Lipinski definition) is 6. The lowest BCUT2D eigenvalue weighted by Gasteiger charge is -2.12. The highest BCUT2D eigenvalue weighted by Crippen LogP contribution is 2.53. The number of amides is 1. The van der Waals surface area contributed by atoms with Crippen LogP contribution >= 0.6 is 30.2 Å². The van der Waals surface area contributed by atoms with Crippen molar-refractivity contribution in [3.05, 3.63) is 35.4 Å². The number of carbonyl (C=O) groups is 1. The van der Waals surface area contributed by atoms with Crippen molar-refractivity contribution < 1.29 is 13.8 Å². The monoisotopic (exact) mass is 362 g/mol. The highest BCUT2D eigenvalue weighted by atomic mass is 32.5. The van der Waals surface area contributed by atoms with Gasteiger partial charge in [0.2, 0.25) is 5.91 Å². The maximum absolute atomic E-state index is 11.1. The molecule has 1 amide bonds. The van der Waals surface area contributed by atoms with Crippen LogP contribution in [0, 0.1) is 0 Å². The Morgan fingerprint density at radius 1 is 1.38 bits per heavy atom. The fraction of sp³-hybridized carbons (Fsp3) is 0.333. The molecule has 1 heterocycles. The predicted molar refractivity (Wildman–Crippen MR) is 93.5 cm³/mol. The van der Waals surface area contributed by atoms with E-state index < -0.39 is 12.5 Å². The van der Waals surface area contributed by atoms with Crippen LogP contribution in [0.1, 0.15) is 21.2 Å². The first-order valence-electron chi connectivity index (χ1n) is 5.98. The third-order valence-corrected chi connectivity index (χ3v) is 8.32. The Kier molecular flexibility index (Phi) is 5.88. The van der Waals surface area contributed by atoms with Crippen molar-refractivity contribution in [1.82, 2.24) is 0 Å². The van der Waals surface area contributed by atoms with Gasteiger partial charge in [0.1, 0.15) is 4.38 Å². The maximum Gasteiger partial charge on any atom is 0.309 e. The van der Waals surface area contributed by atoms with Crippen molar-refractivity contribution >= 4 is 52.3 Å². The Balaban J connectivity index is 2.10. The summed E-state index contributed by atoms with van der Waals surface area (Å²) in [7, 11) is 3.03. The van der Waals surface area contributed by atoms with Crippen LogP contribution in [0.15, 0.2) is 29.0 Å². The van der Waals surface area contributed by atoms with Crippen molar-refractivity contribution in [2.75, 3.05) is 20.0 Å². The molecule has 0 bridgehead atoms. The molecule has 1 aliphatic heterocycles. The van der Waals surface area contributed by atoms with E-state index in [9.17, 15) is 4.79 Å². The first kappa shape index (κ1) is 17.0. The molecule has 1 unspecified atom stereocenters. The van der Waals surface area contributed by atoms with Crippen LogP contribution in [-0.4, -0.2) is 30.3 Å². The van der Waals surface area contributed by atoms with Gasteiger partial charge in [0.15, 0.2) is 0 Å². The second-order valence-electron chi connectivity index (χ2n) is 4.10. The van der Waals surface area contributed by atoms with E-state index >= 15 is 0 Å². The standard InChI is InChI=1S/C12H15N2O3PS3/c1-16-18(19,17-2)14-12-20-7-10(21-12)8-3-5-9(6-4-8)11(13)15/h3-6,10H,7H2,1-2H3,(H2,13,15). The third-order valence-electron chi connectivity index (χ3n) is 2.83. The van der Waals surface area contributed by atoms with Crippen molar-refractivity contribution in [2.24, 2.45) is 10.5 Å².